The van der Waals surface area contributed by atoms with Crippen LogP contribution < -0.4 is 0 Å². The van der Waals surface area contributed by atoms with Gasteiger partial charge in [-0.3, -0.25) is 0 Å². The number of ether oxygens (including phenoxy) is 1. The number of rotatable bonds is 11. The van der Waals surface area contributed by atoms with Crippen molar-refractivity contribution in [2.45, 2.75) is 121 Å². The standard InChI is InChI=1S/C37H56OS/c1-6-39(26-15-8-7-14-25-38-37(3,4)5,35-24-23-30-19-12-13-20-32(30)35)36-28(2)27-34-31(21-16-22-33(34)36)29-17-10-9-11-18-29/h9-11,16-18,21-22,28,30,32,35-36H,6-8,12-15,19-20,23-27H2,1-5H3/t28-,30?,32?,35?,36?/m0/s1. The van der Waals surface area contributed by atoms with Gasteiger partial charge >= 0.3 is 0 Å². The van der Waals surface area contributed by atoms with Crippen LogP contribution in [0.4, 0.5) is 0 Å². The molecule has 0 aromatic heterocycles. The van der Waals surface area contributed by atoms with E-state index in [1.54, 1.807) is 11.1 Å². The topological polar surface area (TPSA) is 9.23 Å². The van der Waals surface area contributed by atoms with E-state index in [-0.39, 0.29) is 5.60 Å². The Morgan fingerprint density at radius 2 is 1.62 bits per heavy atom. The van der Waals surface area contributed by atoms with Crippen molar-refractivity contribution in [2.24, 2.45) is 17.8 Å². The Morgan fingerprint density at radius 3 is 2.38 bits per heavy atom. The number of hydrogen-bond donors (Lipinski definition) is 0. The van der Waals surface area contributed by atoms with Crippen molar-refractivity contribution in [1.82, 2.24) is 0 Å². The normalized spacial score (nSPS) is 29.0. The monoisotopic (exact) mass is 548 g/mol. The second-order valence-corrected chi connectivity index (χ2v) is 18.2. The first-order valence-corrected chi connectivity index (χ1v) is 18.5. The molecular weight excluding hydrogens is 492 g/mol. The minimum absolute atomic E-state index is 0.00880. The first-order valence-electron chi connectivity index (χ1n) is 16.4. The molecule has 0 heterocycles. The Bertz CT molecular complexity index is 1050. The summed E-state index contributed by atoms with van der Waals surface area (Å²) in [5.41, 5.74) is 6.34. The molecule has 5 rings (SSSR count). The number of benzene rings is 2. The summed E-state index contributed by atoms with van der Waals surface area (Å²) in [6.07, 6.45) is 15.7. The highest BCUT2D eigenvalue weighted by atomic mass is 32.3. The van der Waals surface area contributed by atoms with Gasteiger partial charge in [0.25, 0.3) is 0 Å². The van der Waals surface area contributed by atoms with Crippen LogP contribution in [0.2, 0.25) is 0 Å². The van der Waals surface area contributed by atoms with Crippen LogP contribution in [-0.2, 0) is 11.2 Å². The van der Waals surface area contributed by atoms with Crippen molar-refractivity contribution in [3.8, 4) is 11.1 Å². The largest absolute Gasteiger partial charge is 0.376 e. The number of unbranched alkanes of at least 4 members (excludes halogenated alkanes) is 3. The van der Waals surface area contributed by atoms with Crippen molar-refractivity contribution < 1.29 is 4.74 Å². The lowest BCUT2D eigenvalue weighted by molar-refractivity contribution is -0.00470. The Morgan fingerprint density at radius 1 is 0.846 bits per heavy atom. The number of fused-ring (bicyclic) bond motifs is 2. The molecule has 2 saturated carbocycles. The summed E-state index contributed by atoms with van der Waals surface area (Å²) in [6.45, 7) is 12.7. The van der Waals surface area contributed by atoms with Gasteiger partial charge in [-0.05, 0) is 116 Å². The van der Waals surface area contributed by atoms with Gasteiger partial charge in [0, 0.05) is 11.9 Å². The summed E-state index contributed by atoms with van der Waals surface area (Å²) in [5.74, 6) is 5.74. The lowest BCUT2D eigenvalue weighted by atomic mass is 9.82. The van der Waals surface area contributed by atoms with Gasteiger partial charge in [0.05, 0.1) is 5.60 Å². The molecule has 216 valence electrons. The Labute approximate surface area is 242 Å². The van der Waals surface area contributed by atoms with Gasteiger partial charge in [0.15, 0.2) is 0 Å². The fourth-order valence-corrected chi connectivity index (χ4v) is 15.1. The predicted molar refractivity (Wildman–Crippen MR) is 173 cm³/mol. The first kappa shape index (κ1) is 29.2. The molecule has 3 aliphatic rings. The van der Waals surface area contributed by atoms with E-state index in [1.807, 2.05) is 0 Å². The van der Waals surface area contributed by atoms with Crippen molar-refractivity contribution >= 4 is 10.0 Å². The molecule has 0 amide bonds. The molecule has 1 nitrogen and oxygen atoms in total. The van der Waals surface area contributed by atoms with E-state index in [9.17, 15) is 0 Å². The highest BCUT2D eigenvalue weighted by Gasteiger charge is 2.51. The maximum absolute atomic E-state index is 6.03. The van der Waals surface area contributed by atoms with Gasteiger partial charge in [-0.1, -0.05) is 94.5 Å². The second kappa shape index (κ2) is 12.7. The van der Waals surface area contributed by atoms with Gasteiger partial charge in [-0.25, -0.2) is 10.0 Å². The summed E-state index contributed by atoms with van der Waals surface area (Å²) < 4.78 is 6.03. The van der Waals surface area contributed by atoms with E-state index in [2.05, 4.69) is 83.1 Å². The molecule has 0 spiro atoms. The Kier molecular flexibility index (Phi) is 9.54. The smallest absolute Gasteiger partial charge is 0.0598 e. The molecule has 6 atom stereocenters. The zero-order valence-corrected chi connectivity index (χ0v) is 26.5. The van der Waals surface area contributed by atoms with Crippen LogP contribution in [0.25, 0.3) is 11.1 Å². The molecule has 2 heteroatoms. The minimum atomic E-state index is -0.770. The minimum Gasteiger partial charge on any atom is -0.376 e. The Hall–Kier alpha value is -1.25. The molecule has 2 aromatic carbocycles. The van der Waals surface area contributed by atoms with E-state index in [4.69, 9.17) is 4.74 Å². The lowest BCUT2D eigenvalue weighted by Crippen LogP contribution is -2.35. The molecule has 0 bridgehead atoms. The Balaban J connectivity index is 1.42. The van der Waals surface area contributed by atoms with Crippen LogP contribution in [0.1, 0.15) is 115 Å². The third-order valence-corrected chi connectivity index (χ3v) is 16.2. The molecule has 3 aliphatic carbocycles. The van der Waals surface area contributed by atoms with E-state index in [0.29, 0.717) is 0 Å². The van der Waals surface area contributed by atoms with Crippen molar-refractivity contribution in [2.75, 3.05) is 18.1 Å². The van der Waals surface area contributed by atoms with Crippen LogP contribution in [0.15, 0.2) is 48.5 Å². The highest BCUT2D eigenvalue weighted by molar-refractivity contribution is 8.34. The zero-order valence-electron chi connectivity index (χ0n) is 25.7. The van der Waals surface area contributed by atoms with Crippen LogP contribution in [0.3, 0.4) is 0 Å². The van der Waals surface area contributed by atoms with Crippen LogP contribution in [-0.4, -0.2) is 29.0 Å². The first-order chi connectivity index (χ1) is 18.8. The summed E-state index contributed by atoms with van der Waals surface area (Å²) >= 11 is 0. The van der Waals surface area contributed by atoms with Crippen molar-refractivity contribution in [1.29, 1.82) is 0 Å². The van der Waals surface area contributed by atoms with Gasteiger partial charge in [0.2, 0.25) is 0 Å². The summed E-state index contributed by atoms with van der Waals surface area (Å²) in [4.78, 5) is 0. The van der Waals surface area contributed by atoms with E-state index in [0.717, 1.165) is 34.9 Å². The molecule has 0 aliphatic heterocycles. The molecule has 0 N–H and O–H groups in total. The van der Waals surface area contributed by atoms with Crippen molar-refractivity contribution in [3.63, 3.8) is 0 Å². The lowest BCUT2D eigenvalue weighted by Gasteiger charge is -2.54. The molecular formula is C37H56OS. The highest BCUT2D eigenvalue weighted by Crippen LogP contribution is 2.74. The van der Waals surface area contributed by atoms with Gasteiger partial charge in [-0.2, -0.15) is 0 Å². The SMILES string of the molecule is CCS(CCCCCCOC(C)(C)C)(C1CCC2CCCCC21)C1c2cccc(-c3ccccc3)c2C[C@@H]1C. The maximum atomic E-state index is 6.03. The number of hydrogen-bond acceptors (Lipinski definition) is 1. The van der Waals surface area contributed by atoms with Crippen molar-refractivity contribution in [3.05, 3.63) is 59.7 Å². The average molecular weight is 549 g/mol. The van der Waals surface area contributed by atoms with E-state index in [1.165, 1.54) is 93.3 Å². The van der Waals surface area contributed by atoms with Crippen LogP contribution in [0.5, 0.6) is 0 Å². The van der Waals surface area contributed by atoms with E-state index < -0.39 is 10.0 Å². The molecule has 0 radical (unpaired) electrons. The van der Waals surface area contributed by atoms with E-state index >= 15 is 0 Å². The quantitative estimate of drug-likeness (QED) is 0.254. The van der Waals surface area contributed by atoms with Gasteiger partial charge in [-0.15, -0.1) is 0 Å². The van der Waals surface area contributed by atoms with Gasteiger partial charge in [0.1, 0.15) is 0 Å². The summed E-state index contributed by atoms with van der Waals surface area (Å²) in [6, 6.07) is 18.6. The summed E-state index contributed by atoms with van der Waals surface area (Å²) in [7, 11) is -0.770. The molecule has 39 heavy (non-hydrogen) atoms. The van der Waals surface area contributed by atoms with Gasteiger partial charge < -0.3 is 4.74 Å². The fraction of sp³-hybridized carbons (Fsp3) is 0.676. The molecule has 5 unspecified atom stereocenters. The van der Waals surface area contributed by atoms with Crippen LogP contribution in [0, 0.1) is 17.8 Å². The summed E-state index contributed by atoms with van der Waals surface area (Å²) in [5, 5.41) is 1.78. The third kappa shape index (κ3) is 6.33. The maximum Gasteiger partial charge on any atom is 0.0598 e. The second-order valence-electron chi connectivity index (χ2n) is 14.0. The molecule has 2 fully saturated rings. The predicted octanol–water partition coefficient (Wildman–Crippen LogP) is 10.8. The zero-order chi connectivity index (χ0) is 27.5. The third-order valence-electron chi connectivity index (χ3n) is 10.5. The molecule has 2 aromatic rings. The average Bonchev–Trinajstić information content (AvgIpc) is 3.52. The molecule has 0 saturated heterocycles. The fourth-order valence-electron chi connectivity index (χ4n) is 8.91. The van der Waals surface area contributed by atoms with Crippen LogP contribution >= 0.6 is 10.0 Å².